The van der Waals surface area contributed by atoms with E-state index in [1.165, 1.54) is 26.4 Å². The number of hydrogen-bond acceptors (Lipinski definition) is 5. The molecule has 0 aromatic heterocycles. The molecule has 18 heavy (non-hydrogen) atoms. The van der Waals surface area contributed by atoms with E-state index in [1.807, 2.05) is 0 Å². The van der Waals surface area contributed by atoms with Crippen molar-refractivity contribution in [3.8, 4) is 11.5 Å². The highest BCUT2D eigenvalue weighted by Crippen LogP contribution is 2.30. The second-order valence-corrected chi connectivity index (χ2v) is 3.28. The van der Waals surface area contributed by atoms with E-state index in [0.717, 1.165) is 0 Å². The van der Waals surface area contributed by atoms with Crippen LogP contribution in [0.25, 0.3) is 0 Å². The van der Waals surface area contributed by atoms with Crippen LogP contribution in [0.2, 0.25) is 0 Å². The van der Waals surface area contributed by atoms with Crippen molar-refractivity contribution in [2.24, 2.45) is 0 Å². The van der Waals surface area contributed by atoms with E-state index in [9.17, 15) is 9.59 Å². The van der Waals surface area contributed by atoms with Crippen LogP contribution in [0, 0.1) is 0 Å². The lowest BCUT2D eigenvalue weighted by Crippen LogP contribution is -2.11. The van der Waals surface area contributed by atoms with E-state index in [2.05, 4.69) is 4.74 Å². The van der Waals surface area contributed by atoms with Crippen molar-refractivity contribution >= 4 is 11.9 Å². The van der Waals surface area contributed by atoms with Gasteiger partial charge < -0.3 is 19.3 Å². The summed E-state index contributed by atoms with van der Waals surface area (Å²) in [4.78, 5) is 22.7. The second-order valence-electron chi connectivity index (χ2n) is 3.28. The van der Waals surface area contributed by atoms with Crippen molar-refractivity contribution in [1.82, 2.24) is 0 Å². The Hall–Kier alpha value is -2.24. The molecule has 1 N–H and O–H groups in total. The molecule has 6 heteroatoms. The minimum atomic E-state index is -1.21. The number of carbonyl (C=O) groups excluding carboxylic acids is 1. The van der Waals surface area contributed by atoms with Gasteiger partial charge in [-0.05, 0) is 19.1 Å². The molecule has 1 aromatic rings. The second kappa shape index (κ2) is 5.90. The Morgan fingerprint density at radius 2 is 1.83 bits per heavy atom. The first-order chi connectivity index (χ1) is 8.54. The minimum Gasteiger partial charge on any atom is -0.497 e. The summed E-state index contributed by atoms with van der Waals surface area (Å²) in [5, 5.41) is 9.10. The summed E-state index contributed by atoms with van der Waals surface area (Å²) in [6.45, 7) is 1.92. The zero-order valence-electron chi connectivity index (χ0n) is 10.4. The van der Waals surface area contributed by atoms with Crippen LogP contribution < -0.4 is 9.47 Å². The summed E-state index contributed by atoms with van der Waals surface area (Å²) in [6.07, 6.45) is 0. The quantitative estimate of drug-likeness (QED) is 0.803. The van der Waals surface area contributed by atoms with Gasteiger partial charge in [-0.2, -0.15) is 0 Å². The highest BCUT2D eigenvalue weighted by Gasteiger charge is 2.22. The van der Waals surface area contributed by atoms with E-state index in [-0.39, 0.29) is 29.2 Å². The molecule has 98 valence electrons. The first kappa shape index (κ1) is 13.8. The Morgan fingerprint density at radius 3 is 2.28 bits per heavy atom. The monoisotopic (exact) mass is 254 g/mol. The smallest absolute Gasteiger partial charge is 0.341 e. The van der Waals surface area contributed by atoms with Crippen LogP contribution in [0.3, 0.4) is 0 Å². The van der Waals surface area contributed by atoms with E-state index < -0.39 is 11.9 Å². The Balaban J connectivity index is 3.48. The Kier molecular flexibility index (Phi) is 4.53. The molecule has 0 heterocycles. The average molecular weight is 254 g/mol. The number of carboxylic acids is 1. The molecule has 0 atom stereocenters. The van der Waals surface area contributed by atoms with Gasteiger partial charge in [0.15, 0.2) is 0 Å². The molecule has 0 aliphatic heterocycles. The number of methoxy groups -OCH3 is 2. The predicted octanol–water partition coefficient (Wildman–Crippen LogP) is 1.58. The van der Waals surface area contributed by atoms with Crippen molar-refractivity contribution in [3.63, 3.8) is 0 Å². The summed E-state index contributed by atoms with van der Waals surface area (Å²) in [6, 6.07) is 2.67. The number of rotatable bonds is 5. The molecule has 0 fully saturated rings. The highest BCUT2D eigenvalue weighted by molar-refractivity contribution is 6.00. The first-order valence-corrected chi connectivity index (χ1v) is 5.21. The molecule has 0 unspecified atom stereocenters. The maximum atomic E-state index is 11.6. The summed E-state index contributed by atoms with van der Waals surface area (Å²) in [5.41, 5.74) is -0.118. The molecule has 1 rings (SSSR count). The zero-order valence-corrected chi connectivity index (χ0v) is 10.4. The summed E-state index contributed by atoms with van der Waals surface area (Å²) >= 11 is 0. The van der Waals surface area contributed by atoms with Crippen LogP contribution in [0.5, 0.6) is 11.5 Å². The lowest BCUT2D eigenvalue weighted by Gasteiger charge is -2.13. The van der Waals surface area contributed by atoms with Crippen LogP contribution in [0.1, 0.15) is 27.6 Å². The molecule has 0 bridgehead atoms. The summed E-state index contributed by atoms with van der Waals surface area (Å²) < 4.78 is 14.8. The van der Waals surface area contributed by atoms with Crippen molar-refractivity contribution in [1.29, 1.82) is 0 Å². The molecule has 0 saturated heterocycles. The van der Waals surface area contributed by atoms with Crippen LogP contribution in [0.15, 0.2) is 12.1 Å². The Bertz CT molecular complexity index is 466. The summed E-state index contributed by atoms with van der Waals surface area (Å²) in [7, 11) is 2.58. The van der Waals surface area contributed by atoms with Gasteiger partial charge in [-0.15, -0.1) is 0 Å². The number of carboxylic acid groups (broad SMARTS) is 1. The topological polar surface area (TPSA) is 82.1 Å². The highest BCUT2D eigenvalue weighted by atomic mass is 16.5. The van der Waals surface area contributed by atoms with Crippen LogP contribution in [-0.2, 0) is 4.74 Å². The van der Waals surface area contributed by atoms with Crippen LogP contribution >= 0.6 is 0 Å². The van der Waals surface area contributed by atoms with Gasteiger partial charge in [0.2, 0.25) is 0 Å². The van der Waals surface area contributed by atoms with Gasteiger partial charge >= 0.3 is 11.9 Å². The predicted molar refractivity (Wildman–Crippen MR) is 62.5 cm³/mol. The molecule has 0 aliphatic rings. The summed E-state index contributed by atoms with van der Waals surface area (Å²) in [5.74, 6) is -1.66. The van der Waals surface area contributed by atoms with Crippen molar-refractivity contribution < 1.29 is 28.9 Å². The third kappa shape index (κ3) is 2.71. The molecule has 0 saturated carbocycles. The lowest BCUT2D eigenvalue weighted by atomic mass is 10.1. The van der Waals surface area contributed by atoms with E-state index >= 15 is 0 Å². The Morgan fingerprint density at radius 1 is 1.22 bits per heavy atom. The van der Waals surface area contributed by atoms with Crippen molar-refractivity contribution in [2.45, 2.75) is 6.92 Å². The molecule has 0 spiro atoms. The third-order valence-corrected chi connectivity index (χ3v) is 2.22. The van der Waals surface area contributed by atoms with Gasteiger partial charge in [-0.3, -0.25) is 0 Å². The largest absolute Gasteiger partial charge is 0.497 e. The van der Waals surface area contributed by atoms with Gasteiger partial charge in [0.1, 0.15) is 22.6 Å². The van der Waals surface area contributed by atoms with Crippen LogP contribution in [-0.4, -0.2) is 37.9 Å². The van der Waals surface area contributed by atoms with E-state index in [4.69, 9.17) is 14.6 Å². The minimum absolute atomic E-state index is 0.0161. The van der Waals surface area contributed by atoms with Crippen molar-refractivity contribution in [2.75, 3.05) is 20.8 Å². The maximum absolute atomic E-state index is 11.6. The molecule has 1 aromatic carbocycles. The third-order valence-electron chi connectivity index (χ3n) is 2.22. The standard InChI is InChI=1S/C12H14O6/c1-4-18-10-8(11(13)14)5-7(16-2)6-9(10)12(15)17-3/h5-6H,4H2,1-3H3,(H,13,14). The number of ether oxygens (including phenoxy) is 3. The van der Waals surface area contributed by atoms with Gasteiger partial charge in [0, 0.05) is 0 Å². The normalized spacial score (nSPS) is 9.72. The van der Waals surface area contributed by atoms with Gasteiger partial charge in [-0.25, -0.2) is 9.59 Å². The van der Waals surface area contributed by atoms with Crippen LogP contribution in [0.4, 0.5) is 0 Å². The molecule has 0 amide bonds. The molecular weight excluding hydrogens is 240 g/mol. The zero-order chi connectivity index (χ0) is 13.7. The Labute approximate surface area is 104 Å². The van der Waals surface area contributed by atoms with E-state index in [1.54, 1.807) is 6.92 Å². The first-order valence-electron chi connectivity index (χ1n) is 5.21. The van der Waals surface area contributed by atoms with Gasteiger partial charge in [0.05, 0.1) is 20.8 Å². The number of hydrogen-bond donors (Lipinski definition) is 1. The van der Waals surface area contributed by atoms with Gasteiger partial charge in [-0.1, -0.05) is 0 Å². The molecule has 0 aliphatic carbocycles. The molecule has 0 radical (unpaired) electrons. The molecule has 6 nitrogen and oxygen atoms in total. The fraction of sp³-hybridized carbons (Fsp3) is 0.333. The number of carbonyl (C=O) groups is 2. The van der Waals surface area contributed by atoms with Gasteiger partial charge in [0.25, 0.3) is 0 Å². The number of esters is 1. The number of aromatic carboxylic acids is 1. The SMILES string of the molecule is CCOc1c(C(=O)O)cc(OC)cc1C(=O)OC. The van der Waals surface area contributed by atoms with E-state index in [0.29, 0.717) is 0 Å². The molecular formula is C12H14O6. The average Bonchev–Trinajstić information content (AvgIpc) is 2.37. The maximum Gasteiger partial charge on any atom is 0.341 e. The lowest BCUT2D eigenvalue weighted by molar-refractivity contribution is 0.0595. The van der Waals surface area contributed by atoms with Crippen molar-refractivity contribution in [3.05, 3.63) is 23.3 Å². The number of benzene rings is 1. The fourth-order valence-electron chi connectivity index (χ4n) is 1.44. The fourth-order valence-corrected chi connectivity index (χ4v) is 1.44.